The van der Waals surface area contributed by atoms with Crippen LogP contribution < -0.4 is 10.6 Å². The SMILES string of the molecule is C=C(F)/C(P)=c1/occc1=C. The summed E-state index contributed by atoms with van der Waals surface area (Å²) >= 11 is 0. The van der Waals surface area contributed by atoms with Gasteiger partial charge in [0.2, 0.25) is 0 Å². The molecule has 0 radical (unpaired) electrons. The number of hydrogen-bond acceptors (Lipinski definition) is 1. The molecule has 0 saturated heterocycles. The Kier molecular flexibility index (Phi) is 2.25. The molecule has 0 aromatic carbocycles. The zero-order chi connectivity index (χ0) is 8.43. The first kappa shape index (κ1) is 8.22. The Balaban J connectivity index is 3.50. The van der Waals surface area contributed by atoms with Gasteiger partial charge in [-0.05, 0) is 6.07 Å². The summed E-state index contributed by atoms with van der Waals surface area (Å²) in [7, 11) is 2.22. The summed E-state index contributed by atoms with van der Waals surface area (Å²) < 4.78 is 17.5. The van der Waals surface area contributed by atoms with Crippen LogP contribution in [-0.4, -0.2) is 0 Å². The van der Waals surface area contributed by atoms with Crippen molar-refractivity contribution in [1.29, 1.82) is 0 Å². The average Bonchev–Trinajstić information content (AvgIpc) is 2.33. The summed E-state index contributed by atoms with van der Waals surface area (Å²) in [6.45, 7) is 6.79. The quantitative estimate of drug-likeness (QED) is 0.576. The number of rotatable bonds is 1. The van der Waals surface area contributed by atoms with Crippen molar-refractivity contribution in [2.75, 3.05) is 0 Å². The van der Waals surface area contributed by atoms with Gasteiger partial charge in [0, 0.05) is 10.5 Å². The lowest BCUT2D eigenvalue weighted by Crippen LogP contribution is -2.18. The third-order valence-corrected chi connectivity index (χ3v) is 1.86. The minimum absolute atomic E-state index is 0.319. The van der Waals surface area contributed by atoms with Crippen LogP contribution in [0.15, 0.2) is 29.2 Å². The fourth-order valence-electron chi connectivity index (χ4n) is 0.695. The first-order chi connectivity index (χ1) is 5.13. The molecule has 0 fully saturated rings. The second-order valence-electron chi connectivity index (χ2n) is 2.09. The van der Waals surface area contributed by atoms with Gasteiger partial charge >= 0.3 is 0 Å². The van der Waals surface area contributed by atoms with E-state index in [4.69, 9.17) is 4.42 Å². The summed E-state index contributed by atoms with van der Waals surface area (Å²) in [5.74, 6) is -0.519. The van der Waals surface area contributed by atoms with Crippen LogP contribution in [-0.2, 0) is 0 Å². The molecule has 0 spiro atoms. The van der Waals surface area contributed by atoms with Crippen molar-refractivity contribution in [2.45, 2.75) is 0 Å². The van der Waals surface area contributed by atoms with Crippen molar-refractivity contribution in [3.63, 3.8) is 0 Å². The van der Waals surface area contributed by atoms with Crippen LogP contribution in [0.25, 0.3) is 11.9 Å². The summed E-state index contributed by atoms with van der Waals surface area (Å²) in [5, 5.41) is 0.980. The minimum atomic E-state index is -0.519. The molecule has 1 nitrogen and oxygen atoms in total. The maximum atomic E-state index is 12.5. The van der Waals surface area contributed by atoms with Crippen LogP contribution in [0.3, 0.4) is 0 Å². The smallest absolute Gasteiger partial charge is 0.143 e. The molecule has 1 aromatic rings. The summed E-state index contributed by atoms with van der Waals surface area (Å²) in [4.78, 5) is 0. The van der Waals surface area contributed by atoms with Gasteiger partial charge in [0.1, 0.15) is 11.2 Å². The van der Waals surface area contributed by atoms with Crippen molar-refractivity contribution in [1.82, 2.24) is 0 Å². The van der Waals surface area contributed by atoms with Gasteiger partial charge in [-0.3, -0.25) is 0 Å². The molecule has 0 aliphatic heterocycles. The molecular weight excluding hydrogens is 162 g/mol. The zero-order valence-electron chi connectivity index (χ0n) is 5.93. The Bertz CT molecular complexity index is 377. The van der Waals surface area contributed by atoms with E-state index in [0.717, 1.165) is 0 Å². The number of allylic oxidation sites excluding steroid dienone is 1. The minimum Gasteiger partial charge on any atom is -0.464 e. The van der Waals surface area contributed by atoms with E-state index in [9.17, 15) is 4.39 Å². The van der Waals surface area contributed by atoms with E-state index < -0.39 is 5.83 Å². The van der Waals surface area contributed by atoms with Gasteiger partial charge in [-0.25, -0.2) is 4.39 Å². The van der Waals surface area contributed by atoms with E-state index in [2.05, 4.69) is 22.4 Å². The molecule has 1 aromatic heterocycles. The molecule has 3 heteroatoms. The Hall–Kier alpha value is -0.880. The van der Waals surface area contributed by atoms with E-state index >= 15 is 0 Å². The van der Waals surface area contributed by atoms with Crippen LogP contribution in [0.5, 0.6) is 0 Å². The number of hydrogen-bond donors (Lipinski definition) is 0. The summed E-state index contributed by atoms with van der Waals surface area (Å²) in [6.07, 6.45) is 1.46. The van der Waals surface area contributed by atoms with Gasteiger partial charge < -0.3 is 4.42 Å². The Morgan fingerprint density at radius 1 is 1.64 bits per heavy atom. The third kappa shape index (κ3) is 1.58. The van der Waals surface area contributed by atoms with E-state index in [0.29, 0.717) is 15.9 Å². The topological polar surface area (TPSA) is 13.1 Å². The Morgan fingerprint density at radius 2 is 2.27 bits per heavy atom. The molecule has 0 amide bonds. The first-order valence-corrected chi connectivity index (χ1v) is 3.57. The predicted octanol–water partition coefficient (Wildman–Crippen LogP) is 1.16. The standard InChI is InChI=1S/C8H8FOP/c1-5-3-4-10-7(5)8(11)6(2)9/h3-4H,1-2,11H2/b8-7-. The maximum absolute atomic E-state index is 12.5. The molecule has 1 unspecified atom stereocenters. The monoisotopic (exact) mass is 170 g/mol. The van der Waals surface area contributed by atoms with E-state index in [-0.39, 0.29) is 0 Å². The normalized spacial score (nSPS) is 12.9. The fourth-order valence-corrected chi connectivity index (χ4v) is 0.949. The highest BCUT2D eigenvalue weighted by Gasteiger charge is 1.98. The van der Waals surface area contributed by atoms with Gasteiger partial charge in [-0.1, -0.05) is 22.4 Å². The maximum Gasteiger partial charge on any atom is 0.143 e. The van der Waals surface area contributed by atoms with Crippen molar-refractivity contribution in [3.8, 4) is 0 Å². The first-order valence-electron chi connectivity index (χ1n) is 3.00. The van der Waals surface area contributed by atoms with Crippen molar-refractivity contribution < 1.29 is 8.81 Å². The lowest BCUT2D eigenvalue weighted by Gasteiger charge is -1.89. The van der Waals surface area contributed by atoms with Crippen LogP contribution in [0.1, 0.15) is 0 Å². The molecule has 1 rings (SSSR count). The van der Waals surface area contributed by atoms with Crippen LogP contribution in [0.4, 0.5) is 4.39 Å². The second-order valence-corrected chi connectivity index (χ2v) is 2.67. The van der Waals surface area contributed by atoms with Crippen molar-refractivity contribution in [2.24, 2.45) is 0 Å². The summed E-state index contributed by atoms with van der Waals surface area (Å²) in [6, 6.07) is 1.67. The second kappa shape index (κ2) is 3.02. The molecule has 0 bridgehead atoms. The molecule has 1 heterocycles. The van der Waals surface area contributed by atoms with E-state index in [1.165, 1.54) is 6.26 Å². The molecule has 58 valence electrons. The lowest BCUT2D eigenvalue weighted by atomic mass is 10.4. The largest absolute Gasteiger partial charge is 0.464 e. The van der Waals surface area contributed by atoms with Gasteiger partial charge in [0.05, 0.1) is 6.26 Å². The molecule has 0 aliphatic carbocycles. The highest BCUT2D eigenvalue weighted by Crippen LogP contribution is 2.15. The van der Waals surface area contributed by atoms with Crippen molar-refractivity contribution >= 4 is 21.1 Å². The highest BCUT2D eigenvalue weighted by molar-refractivity contribution is 7.31. The van der Waals surface area contributed by atoms with Gasteiger partial charge in [-0.15, -0.1) is 0 Å². The lowest BCUT2D eigenvalue weighted by molar-refractivity contribution is 0.527. The highest BCUT2D eigenvalue weighted by atomic mass is 31.0. The van der Waals surface area contributed by atoms with Gasteiger partial charge in [0.25, 0.3) is 0 Å². The molecule has 0 N–H and O–H groups in total. The predicted molar refractivity (Wildman–Crippen MR) is 46.8 cm³/mol. The van der Waals surface area contributed by atoms with Crippen LogP contribution in [0.2, 0.25) is 0 Å². The summed E-state index contributed by atoms with van der Waals surface area (Å²) in [5.41, 5.74) is 0.433. The average molecular weight is 170 g/mol. The van der Waals surface area contributed by atoms with Gasteiger partial charge in [0.15, 0.2) is 0 Å². The molecular formula is C8H8FOP. The van der Waals surface area contributed by atoms with Crippen LogP contribution >= 0.6 is 9.24 Å². The number of furan rings is 1. The molecule has 11 heavy (non-hydrogen) atoms. The van der Waals surface area contributed by atoms with Gasteiger partial charge in [-0.2, -0.15) is 0 Å². The van der Waals surface area contributed by atoms with Crippen LogP contribution in [0, 0.1) is 0 Å². The van der Waals surface area contributed by atoms with E-state index in [1.54, 1.807) is 6.07 Å². The van der Waals surface area contributed by atoms with E-state index in [1.807, 2.05) is 0 Å². The zero-order valence-corrected chi connectivity index (χ0v) is 7.09. The Morgan fingerprint density at radius 3 is 2.64 bits per heavy atom. The third-order valence-electron chi connectivity index (χ3n) is 1.28. The molecule has 0 aliphatic rings. The Labute approximate surface area is 66.1 Å². The molecule has 1 atom stereocenters. The molecule has 0 saturated carbocycles. The number of halogens is 1. The van der Waals surface area contributed by atoms with Crippen molar-refractivity contribution in [3.05, 3.63) is 35.4 Å². The fraction of sp³-hybridized carbons (Fsp3) is 0.